The van der Waals surface area contributed by atoms with E-state index in [1.165, 1.54) is 4.88 Å². The molecule has 148 valence electrons. The van der Waals surface area contributed by atoms with E-state index in [9.17, 15) is 4.79 Å². The van der Waals surface area contributed by atoms with Crippen LogP contribution in [0.3, 0.4) is 0 Å². The molecular formula is C21H30N2O3S. The highest BCUT2D eigenvalue weighted by atomic mass is 32.1. The van der Waals surface area contributed by atoms with Gasteiger partial charge in [-0.3, -0.25) is 9.69 Å². The SMILES string of the molecule is CCN(CC(=O)NCC(C)C)Cc1ccc(OCc2cccs2)c(OC)c1. The van der Waals surface area contributed by atoms with Gasteiger partial charge >= 0.3 is 0 Å². The molecule has 0 atom stereocenters. The maximum Gasteiger partial charge on any atom is 0.234 e. The number of carbonyl (C=O) groups is 1. The normalized spacial score (nSPS) is 11.0. The zero-order valence-corrected chi connectivity index (χ0v) is 17.5. The van der Waals surface area contributed by atoms with Gasteiger partial charge in [-0.2, -0.15) is 0 Å². The van der Waals surface area contributed by atoms with Crippen LogP contribution in [-0.4, -0.2) is 37.6 Å². The lowest BCUT2D eigenvalue weighted by atomic mass is 10.2. The number of rotatable bonds is 11. The van der Waals surface area contributed by atoms with Gasteiger partial charge in [-0.05, 0) is 41.6 Å². The van der Waals surface area contributed by atoms with Gasteiger partial charge in [0.1, 0.15) is 6.61 Å². The molecular weight excluding hydrogens is 360 g/mol. The number of likely N-dealkylation sites (N-methyl/N-ethyl adjacent to an activating group) is 1. The number of ether oxygens (including phenoxy) is 2. The molecule has 2 aromatic rings. The lowest BCUT2D eigenvalue weighted by Crippen LogP contribution is -2.38. The Bertz CT molecular complexity index is 701. The largest absolute Gasteiger partial charge is 0.493 e. The summed E-state index contributed by atoms with van der Waals surface area (Å²) in [5.74, 6) is 1.96. The fourth-order valence-corrected chi connectivity index (χ4v) is 3.20. The van der Waals surface area contributed by atoms with Gasteiger partial charge in [0.15, 0.2) is 11.5 Å². The van der Waals surface area contributed by atoms with Crippen molar-refractivity contribution >= 4 is 17.2 Å². The molecule has 0 radical (unpaired) electrons. The summed E-state index contributed by atoms with van der Waals surface area (Å²) in [6.45, 7) is 9.36. The van der Waals surface area contributed by atoms with Crippen LogP contribution in [0.4, 0.5) is 0 Å². The van der Waals surface area contributed by atoms with Crippen molar-refractivity contribution < 1.29 is 14.3 Å². The number of nitrogens with zero attached hydrogens (tertiary/aromatic N) is 1. The minimum absolute atomic E-state index is 0.0633. The number of nitrogens with one attached hydrogen (secondary N) is 1. The highest BCUT2D eigenvalue weighted by Gasteiger charge is 2.12. The Morgan fingerprint density at radius 3 is 2.70 bits per heavy atom. The second-order valence-corrected chi connectivity index (χ2v) is 7.89. The molecule has 0 bridgehead atoms. The molecule has 0 fully saturated rings. The first kappa shape index (κ1) is 21.3. The van der Waals surface area contributed by atoms with Crippen molar-refractivity contribution in [2.45, 2.75) is 33.9 Å². The van der Waals surface area contributed by atoms with Crippen LogP contribution in [0.1, 0.15) is 31.2 Å². The van der Waals surface area contributed by atoms with Crippen molar-refractivity contribution in [3.63, 3.8) is 0 Å². The zero-order valence-electron chi connectivity index (χ0n) is 16.7. The van der Waals surface area contributed by atoms with E-state index >= 15 is 0 Å². The first-order valence-electron chi connectivity index (χ1n) is 9.33. The predicted molar refractivity (Wildman–Crippen MR) is 110 cm³/mol. The van der Waals surface area contributed by atoms with Gasteiger partial charge in [-0.15, -0.1) is 11.3 Å². The van der Waals surface area contributed by atoms with Crippen LogP contribution in [0.5, 0.6) is 11.5 Å². The van der Waals surface area contributed by atoms with E-state index in [4.69, 9.17) is 9.47 Å². The quantitative estimate of drug-likeness (QED) is 0.632. The third kappa shape index (κ3) is 7.23. The summed E-state index contributed by atoms with van der Waals surface area (Å²) in [6.07, 6.45) is 0. The van der Waals surface area contributed by atoms with E-state index in [2.05, 4.69) is 37.1 Å². The van der Waals surface area contributed by atoms with Crippen LogP contribution in [0, 0.1) is 5.92 Å². The van der Waals surface area contributed by atoms with E-state index in [-0.39, 0.29) is 5.91 Å². The van der Waals surface area contributed by atoms with Crippen molar-refractivity contribution in [2.24, 2.45) is 5.92 Å². The van der Waals surface area contributed by atoms with Crippen LogP contribution in [0.15, 0.2) is 35.7 Å². The molecule has 6 heteroatoms. The van der Waals surface area contributed by atoms with Gasteiger partial charge in [0.25, 0.3) is 0 Å². The number of amides is 1. The molecule has 0 unspecified atom stereocenters. The Kier molecular flexibility index (Phi) is 8.61. The minimum atomic E-state index is 0.0633. The molecule has 27 heavy (non-hydrogen) atoms. The summed E-state index contributed by atoms with van der Waals surface area (Å²) in [7, 11) is 1.65. The Morgan fingerprint density at radius 2 is 2.07 bits per heavy atom. The lowest BCUT2D eigenvalue weighted by molar-refractivity contribution is -0.122. The molecule has 1 aromatic carbocycles. The summed E-state index contributed by atoms with van der Waals surface area (Å²) in [6, 6.07) is 10.0. The number of methoxy groups -OCH3 is 1. The first-order chi connectivity index (χ1) is 13.0. The Balaban J connectivity index is 1.95. The molecule has 2 rings (SSSR count). The van der Waals surface area contributed by atoms with E-state index < -0.39 is 0 Å². The first-order valence-corrected chi connectivity index (χ1v) is 10.2. The summed E-state index contributed by atoms with van der Waals surface area (Å²) in [5.41, 5.74) is 1.09. The van der Waals surface area contributed by atoms with Crippen LogP contribution in [0.2, 0.25) is 0 Å². The van der Waals surface area contributed by atoms with E-state index in [0.29, 0.717) is 37.9 Å². The average molecular weight is 391 g/mol. The van der Waals surface area contributed by atoms with Crippen molar-refractivity contribution in [1.82, 2.24) is 10.2 Å². The van der Waals surface area contributed by atoms with Crippen LogP contribution >= 0.6 is 11.3 Å². The summed E-state index contributed by atoms with van der Waals surface area (Å²) < 4.78 is 11.4. The maximum absolute atomic E-state index is 12.1. The van der Waals surface area contributed by atoms with E-state index in [1.807, 2.05) is 29.6 Å². The second-order valence-electron chi connectivity index (χ2n) is 6.85. The lowest BCUT2D eigenvalue weighted by Gasteiger charge is -2.21. The highest BCUT2D eigenvalue weighted by molar-refractivity contribution is 7.09. The van der Waals surface area contributed by atoms with Gasteiger partial charge in [0, 0.05) is 18.0 Å². The molecule has 0 saturated heterocycles. The molecule has 0 saturated carbocycles. The Morgan fingerprint density at radius 1 is 1.26 bits per heavy atom. The predicted octanol–water partition coefficient (Wildman–Crippen LogP) is 3.93. The third-order valence-corrected chi connectivity index (χ3v) is 4.96. The van der Waals surface area contributed by atoms with Gasteiger partial charge in [0.2, 0.25) is 5.91 Å². The van der Waals surface area contributed by atoms with Crippen LogP contribution < -0.4 is 14.8 Å². The van der Waals surface area contributed by atoms with Crippen molar-refractivity contribution in [3.8, 4) is 11.5 Å². The standard InChI is InChI=1S/C21H30N2O3S/c1-5-23(14-21(24)22-12-16(2)3)13-17-8-9-19(20(11-17)25-4)26-15-18-7-6-10-27-18/h6-11,16H,5,12-15H2,1-4H3,(H,22,24). The van der Waals surface area contributed by atoms with E-state index in [1.54, 1.807) is 18.4 Å². The Labute approximate surface area is 166 Å². The zero-order chi connectivity index (χ0) is 19.6. The number of thiophene rings is 1. The number of hydrogen-bond acceptors (Lipinski definition) is 5. The topological polar surface area (TPSA) is 50.8 Å². The van der Waals surface area contributed by atoms with Crippen molar-refractivity contribution in [2.75, 3.05) is 26.7 Å². The number of hydrogen-bond donors (Lipinski definition) is 1. The molecule has 1 heterocycles. The average Bonchev–Trinajstić information content (AvgIpc) is 3.18. The number of carbonyl (C=O) groups excluding carboxylic acids is 1. The smallest absolute Gasteiger partial charge is 0.234 e. The van der Waals surface area contributed by atoms with Crippen molar-refractivity contribution in [3.05, 3.63) is 46.2 Å². The molecule has 0 aliphatic heterocycles. The summed E-state index contributed by atoms with van der Waals surface area (Å²) >= 11 is 1.67. The molecule has 1 aromatic heterocycles. The van der Waals surface area contributed by atoms with Gasteiger partial charge in [0.05, 0.1) is 13.7 Å². The second kappa shape index (κ2) is 10.9. The summed E-state index contributed by atoms with van der Waals surface area (Å²) in [5, 5.41) is 5.01. The molecule has 0 spiro atoms. The van der Waals surface area contributed by atoms with Gasteiger partial charge in [-0.25, -0.2) is 0 Å². The maximum atomic E-state index is 12.1. The minimum Gasteiger partial charge on any atom is -0.493 e. The molecule has 0 aliphatic rings. The summed E-state index contributed by atoms with van der Waals surface area (Å²) in [4.78, 5) is 15.4. The fourth-order valence-electron chi connectivity index (χ4n) is 2.59. The van der Waals surface area contributed by atoms with Gasteiger partial charge < -0.3 is 14.8 Å². The molecule has 1 amide bonds. The Hall–Kier alpha value is -2.05. The molecule has 5 nitrogen and oxygen atoms in total. The molecule has 0 aliphatic carbocycles. The molecule has 1 N–H and O–H groups in total. The van der Waals surface area contributed by atoms with Crippen LogP contribution in [-0.2, 0) is 17.9 Å². The number of benzene rings is 1. The van der Waals surface area contributed by atoms with Gasteiger partial charge in [-0.1, -0.05) is 32.9 Å². The fraction of sp³-hybridized carbons (Fsp3) is 0.476. The van der Waals surface area contributed by atoms with E-state index in [0.717, 1.165) is 17.9 Å². The monoisotopic (exact) mass is 390 g/mol. The van der Waals surface area contributed by atoms with Crippen LogP contribution in [0.25, 0.3) is 0 Å². The third-order valence-electron chi connectivity index (χ3n) is 4.11. The highest BCUT2D eigenvalue weighted by Crippen LogP contribution is 2.29. The van der Waals surface area contributed by atoms with Crippen molar-refractivity contribution in [1.29, 1.82) is 0 Å².